The molecule has 0 bridgehead atoms. The number of hydrogen-bond donors (Lipinski definition) is 2. The number of methoxy groups -OCH3 is 1. The van der Waals surface area contributed by atoms with E-state index in [0.29, 0.717) is 17.9 Å². The highest BCUT2D eigenvalue weighted by molar-refractivity contribution is 5.38. The summed E-state index contributed by atoms with van der Waals surface area (Å²) in [7, 11) is 3.28. The van der Waals surface area contributed by atoms with Gasteiger partial charge in [-0.3, -0.25) is 0 Å². The minimum absolute atomic E-state index is 0.208. The minimum Gasteiger partial charge on any atom is -0.467 e. The summed E-state index contributed by atoms with van der Waals surface area (Å²) in [6.45, 7) is 3.49. The second-order valence-corrected chi connectivity index (χ2v) is 4.48. The number of nitrogens with zero attached hydrogens (tertiary/aromatic N) is 4. The van der Waals surface area contributed by atoms with E-state index in [1.807, 2.05) is 11.8 Å². The van der Waals surface area contributed by atoms with Gasteiger partial charge in [-0.05, 0) is 12.3 Å². The van der Waals surface area contributed by atoms with E-state index in [9.17, 15) is 5.11 Å². The predicted molar refractivity (Wildman–Crippen MR) is 67.9 cm³/mol. The zero-order valence-electron chi connectivity index (χ0n) is 10.9. The Kier molecular flexibility index (Phi) is 3.81. The van der Waals surface area contributed by atoms with Crippen molar-refractivity contribution in [2.75, 3.05) is 37.5 Å². The molecule has 100 valence electrons. The number of nitrogens with one attached hydrogen (secondary N) is 1. The molecule has 1 aliphatic heterocycles. The van der Waals surface area contributed by atoms with Gasteiger partial charge in [-0.1, -0.05) is 6.92 Å². The van der Waals surface area contributed by atoms with Gasteiger partial charge in [0.05, 0.1) is 13.2 Å². The van der Waals surface area contributed by atoms with Crippen molar-refractivity contribution in [2.24, 2.45) is 5.92 Å². The standard InChI is InChI=1S/C11H19N5O2/c1-7-6-16(5-4-8(7)17)10-13-9(12-2)14-11(15-10)18-3/h7-8,17H,4-6H2,1-3H3,(H,12,13,14,15). The molecule has 1 aromatic heterocycles. The second-order valence-electron chi connectivity index (χ2n) is 4.48. The van der Waals surface area contributed by atoms with Gasteiger partial charge >= 0.3 is 6.01 Å². The Labute approximate surface area is 106 Å². The van der Waals surface area contributed by atoms with E-state index >= 15 is 0 Å². The van der Waals surface area contributed by atoms with Crippen LogP contribution in [0.2, 0.25) is 0 Å². The van der Waals surface area contributed by atoms with Crippen LogP contribution in [0.25, 0.3) is 0 Å². The summed E-state index contributed by atoms with van der Waals surface area (Å²) in [5.74, 6) is 1.28. The Hall–Kier alpha value is -1.63. The van der Waals surface area contributed by atoms with Crippen LogP contribution in [0.1, 0.15) is 13.3 Å². The SMILES string of the molecule is CNc1nc(OC)nc(N2CCC(O)C(C)C2)n1. The quantitative estimate of drug-likeness (QED) is 0.792. The van der Waals surface area contributed by atoms with E-state index < -0.39 is 0 Å². The zero-order chi connectivity index (χ0) is 13.1. The van der Waals surface area contributed by atoms with Crippen LogP contribution in [0.3, 0.4) is 0 Å². The van der Waals surface area contributed by atoms with E-state index in [0.717, 1.165) is 19.5 Å². The number of hydrogen-bond acceptors (Lipinski definition) is 7. The van der Waals surface area contributed by atoms with Crippen molar-refractivity contribution in [1.82, 2.24) is 15.0 Å². The Balaban J connectivity index is 2.22. The van der Waals surface area contributed by atoms with E-state index in [4.69, 9.17) is 4.74 Å². The van der Waals surface area contributed by atoms with Gasteiger partial charge in [0.1, 0.15) is 0 Å². The lowest BCUT2D eigenvalue weighted by Crippen LogP contribution is -2.42. The van der Waals surface area contributed by atoms with Gasteiger partial charge in [0, 0.05) is 20.1 Å². The first-order valence-corrected chi connectivity index (χ1v) is 6.05. The fourth-order valence-electron chi connectivity index (χ4n) is 2.01. The van der Waals surface area contributed by atoms with Crippen molar-refractivity contribution in [1.29, 1.82) is 0 Å². The van der Waals surface area contributed by atoms with Crippen LogP contribution in [0, 0.1) is 5.92 Å². The van der Waals surface area contributed by atoms with E-state index in [-0.39, 0.29) is 12.0 Å². The topological polar surface area (TPSA) is 83.4 Å². The number of piperidine rings is 1. The molecule has 0 radical (unpaired) electrons. The van der Waals surface area contributed by atoms with Gasteiger partial charge in [-0.2, -0.15) is 15.0 Å². The van der Waals surface area contributed by atoms with E-state index in [2.05, 4.69) is 20.3 Å². The summed E-state index contributed by atoms with van der Waals surface area (Å²) in [6.07, 6.45) is 0.484. The van der Waals surface area contributed by atoms with Crippen molar-refractivity contribution in [3.63, 3.8) is 0 Å². The monoisotopic (exact) mass is 253 g/mol. The van der Waals surface area contributed by atoms with Crippen LogP contribution in [0.5, 0.6) is 6.01 Å². The zero-order valence-corrected chi connectivity index (χ0v) is 10.9. The first-order chi connectivity index (χ1) is 8.63. The predicted octanol–water partition coefficient (Wildman–Crippen LogP) is 0.129. The molecule has 1 saturated heterocycles. The summed E-state index contributed by atoms with van der Waals surface area (Å²) in [4.78, 5) is 14.7. The van der Waals surface area contributed by atoms with Crippen molar-refractivity contribution in [3.05, 3.63) is 0 Å². The highest BCUT2D eigenvalue weighted by Crippen LogP contribution is 2.22. The molecule has 0 spiro atoms. The maximum atomic E-state index is 9.73. The number of aromatic nitrogens is 3. The minimum atomic E-state index is -0.242. The highest BCUT2D eigenvalue weighted by atomic mass is 16.5. The number of aliphatic hydroxyl groups is 1. The lowest BCUT2D eigenvalue weighted by atomic mass is 9.97. The maximum Gasteiger partial charge on any atom is 0.322 e. The fraction of sp³-hybridized carbons (Fsp3) is 0.727. The van der Waals surface area contributed by atoms with Crippen LogP contribution in [0.4, 0.5) is 11.9 Å². The van der Waals surface area contributed by atoms with E-state index in [1.54, 1.807) is 7.05 Å². The molecule has 2 rings (SSSR count). The molecule has 2 heterocycles. The van der Waals surface area contributed by atoms with Crippen LogP contribution in [0.15, 0.2) is 0 Å². The molecule has 7 nitrogen and oxygen atoms in total. The van der Waals surface area contributed by atoms with E-state index in [1.165, 1.54) is 7.11 Å². The third-order valence-corrected chi connectivity index (χ3v) is 3.15. The van der Waals surface area contributed by atoms with Gasteiger partial charge < -0.3 is 20.1 Å². The number of anilines is 2. The summed E-state index contributed by atoms with van der Waals surface area (Å²) in [5.41, 5.74) is 0. The summed E-state index contributed by atoms with van der Waals surface area (Å²) >= 11 is 0. The van der Waals surface area contributed by atoms with Crippen LogP contribution in [-0.2, 0) is 0 Å². The van der Waals surface area contributed by atoms with Crippen LogP contribution < -0.4 is 15.0 Å². The third-order valence-electron chi connectivity index (χ3n) is 3.15. The van der Waals surface area contributed by atoms with Gasteiger partial charge in [-0.15, -0.1) is 0 Å². The first kappa shape index (κ1) is 12.8. The average Bonchev–Trinajstić information content (AvgIpc) is 2.41. The molecule has 1 aromatic rings. The summed E-state index contributed by atoms with van der Waals surface area (Å²) < 4.78 is 5.06. The fourth-order valence-corrected chi connectivity index (χ4v) is 2.01. The van der Waals surface area contributed by atoms with Crippen LogP contribution >= 0.6 is 0 Å². The molecule has 0 aliphatic carbocycles. The molecule has 1 fully saturated rings. The third kappa shape index (κ3) is 2.61. The van der Waals surface area contributed by atoms with Crippen LogP contribution in [-0.4, -0.2) is 53.4 Å². The number of ether oxygens (including phenoxy) is 1. The van der Waals surface area contributed by atoms with Crippen molar-refractivity contribution in [3.8, 4) is 6.01 Å². The summed E-state index contributed by atoms with van der Waals surface area (Å²) in [5, 5.41) is 12.6. The molecule has 0 aromatic carbocycles. The van der Waals surface area contributed by atoms with Crippen molar-refractivity contribution in [2.45, 2.75) is 19.4 Å². The largest absolute Gasteiger partial charge is 0.467 e. The van der Waals surface area contributed by atoms with Gasteiger partial charge in [0.25, 0.3) is 0 Å². The Morgan fingerprint density at radius 3 is 2.78 bits per heavy atom. The molecule has 0 saturated carbocycles. The molecule has 2 unspecified atom stereocenters. The lowest BCUT2D eigenvalue weighted by molar-refractivity contribution is 0.0966. The molecular formula is C11H19N5O2. The second kappa shape index (κ2) is 5.34. The average molecular weight is 253 g/mol. The highest BCUT2D eigenvalue weighted by Gasteiger charge is 2.26. The molecule has 18 heavy (non-hydrogen) atoms. The van der Waals surface area contributed by atoms with Gasteiger partial charge in [-0.25, -0.2) is 0 Å². The molecule has 2 atom stereocenters. The molecule has 0 amide bonds. The van der Waals surface area contributed by atoms with Gasteiger partial charge in [0.2, 0.25) is 11.9 Å². The summed E-state index contributed by atoms with van der Waals surface area (Å²) in [6, 6.07) is 0.295. The Bertz CT molecular complexity index is 392. The van der Waals surface area contributed by atoms with Crippen molar-refractivity contribution < 1.29 is 9.84 Å². The van der Waals surface area contributed by atoms with Gasteiger partial charge in [0.15, 0.2) is 0 Å². The maximum absolute atomic E-state index is 9.73. The molecule has 7 heteroatoms. The smallest absolute Gasteiger partial charge is 0.322 e. The Morgan fingerprint density at radius 1 is 1.39 bits per heavy atom. The molecular weight excluding hydrogens is 234 g/mol. The number of aliphatic hydroxyl groups excluding tert-OH is 1. The lowest BCUT2D eigenvalue weighted by Gasteiger charge is -2.34. The molecule has 2 N–H and O–H groups in total. The normalized spacial score (nSPS) is 23.9. The first-order valence-electron chi connectivity index (χ1n) is 6.05. The number of rotatable bonds is 3. The molecule has 1 aliphatic rings. The Morgan fingerprint density at radius 2 is 2.17 bits per heavy atom. The van der Waals surface area contributed by atoms with Crippen molar-refractivity contribution >= 4 is 11.9 Å².